The van der Waals surface area contributed by atoms with Crippen molar-refractivity contribution < 1.29 is 17.9 Å². The minimum atomic E-state index is -3.35. The monoisotopic (exact) mass is 444 g/mol. The maximum absolute atomic E-state index is 12.9. The second kappa shape index (κ2) is 8.83. The Balaban J connectivity index is 1.38. The number of ether oxygens (including phenoxy) is 1. The number of pyridine rings is 1. The second-order valence-electron chi connectivity index (χ2n) is 7.53. The van der Waals surface area contributed by atoms with Gasteiger partial charge in [-0.25, -0.2) is 8.42 Å². The van der Waals surface area contributed by atoms with E-state index in [-0.39, 0.29) is 17.3 Å². The van der Waals surface area contributed by atoms with Crippen LogP contribution in [0.1, 0.15) is 40.9 Å². The molecule has 1 saturated carbocycles. The Labute approximate surface area is 180 Å². The normalized spacial score (nSPS) is 19.6. The van der Waals surface area contributed by atoms with E-state index in [9.17, 15) is 13.2 Å². The Bertz CT molecular complexity index is 1100. The summed E-state index contributed by atoms with van der Waals surface area (Å²) in [7, 11) is -1.67. The van der Waals surface area contributed by atoms with Crippen molar-refractivity contribution in [2.75, 3.05) is 7.11 Å². The molecule has 2 heterocycles. The molecule has 158 valence electrons. The van der Waals surface area contributed by atoms with E-state index in [0.717, 1.165) is 28.5 Å². The second-order valence-corrected chi connectivity index (χ2v) is 10.8. The van der Waals surface area contributed by atoms with Gasteiger partial charge in [0, 0.05) is 26.0 Å². The molecule has 3 aromatic rings. The Morgan fingerprint density at radius 1 is 1.17 bits per heavy atom. The molecule has 1 amide bonds. The zero-order valence-electron chi connectivity index (χ0n) is 16.7. The van der Waals surface area contributed by atoms with Crippen molar-refractivity contribution in [1.29, 1.82) is 0 Å². The fourth-order valence-electron chi connectivity index (χ4n) is 3.83. The molecule has 1 aromatic carbocycles. The number of methoxy groups -OCH3 is 1. The zero-order chi connectivity index (χ0) is 21.1. The smallest absolute Gasteiger partial charge is 0.261 e. The minimum absolute atomic E-state index is 0.150. The first-order chi connectivity index (χ1) is 14.5. The van der Waals surface area contributed by atoms with Crippen molar-refractivity contribution in [3.05, 3.63) is 59.2 Å². The van der Waals surface area contributed by atoms with Crippen LogP contribution in [0.5, 0.6) is 0 Å². The number of sulfone groups is 1. The lowest BCUT2D eigenvalue weighted by molar-refractivity contribution is 0.0717. The van der Waals surface area contributed by atoms with Crippen molar-refractivity contribution in [3.63, 3.8) is 0 Å². The van der Waals surface area contributed by atoms with Crippen LogP contribution in [0, 0.1) is 0 Å². The van der Waals surface area contributed by atoms with Crippen molar-refractivity contribution in [2.24, 2.45) is 0 Å². The summed E-state index contributed by atoms with van der Waals surface area (Å²) in [6.07, 6.45) is 6.43. The molecule has 1 aliphatic carbocycles. The molecule has 1 aliphatic rings. The van der Waals surface area contributed by atoms with E-state index in [1.54, 1.807) is 43.8 Å². The number of hydrogen-bond acceptors (Lipinski definition) is 6. The SMILES string of the molecule is COC1CCC(S(=O)(=O)c2ccc(CNC(=O)c3cc4ccncc4s3)cc2)CC1. The molecule has 0 unspecified atom stereocenters. The van der Waals surface area contributed by atoms with Gasteiger partial charge in [-0.05, 0) is 60.9 Å². The topological polar surface area (TPSA) is 85.4 Å². The summed E-state index contributed by atoms with van der Waals surface area (Å²) in [5, 5.41) is 3.54. The third kappa shape index (κ3) is 4.40. The number of rotatable bonds is 6. The van der Waals surface area contributed by atoms with Crippen LogP contribution < -0.4 is 5.32 Å². The number of hydrogen-bond donors (Lipinski definition) is 1. The van der Waals surface area contributed by atoms with E-state index < -0.39 is 9.84 Å². The lowest BCUT2D eigenvalue weighted by Crippen LogP contribution is -2.30. The van der Waals surface area contributed by atoms with Gasteiger partial charge in [-0.15, -0.1) is 11.3 Å². The number of carbonyl (C=O) groups is 1. The van der Waals surface area contributed by atoms with Crippen molar-refractivity contribution in [3.8, 4) is 0 Å². The van der Waals surface area contributed by atoms with Gasteiger partial charge in [-0.2, -0.15) is 0 Å². The fraction of sp³-hybridized carbons (Fsp3) is 0.364. The van der Waals surface area contributed by atoms with Gasteiger partial charge in [-0.1, -0.05) is 12.1 Å². The van der Waals surface area contributed by atoms with Crippen molar-refractivity contribution in [1.82, 2.24) is 10.3 Å². The molecule has 6 nitrogen and oxygen atoms in total. The van der Waals surface area contributed by atoms with Crippen LogP contribution in [0.15, 0.2) is 53.7 Å². The molecular weight excluding hydrogens is 420 g/mol. The number of nitrogens with zero attached hydrogens (tertiary/aromatic N) is 1. The van der Waals surface area contributed by atoms with Gasteiger partial charge < -0.3 is 10.1 Å². The highest BCUT2D eigenvalue weighted by atomic mass is 32.2. The quantitative estimate of drug-likeness (QED) is 0.622. The molecule has 1 fully saturated rings. The van der Waals surface area contributed by atoms with Crippen LogP contribution in [-0.2, 0) is 21.1 Å². The highest BCUT2D eigenvalue weighted by Gasteiger charge is 2.32. The summed E-state index contributed by atoms with van der Waals surface area (Å²) in [4.78, 5) is 17.5. The fourth-order valence-corrected chi connectivity index (χ4v) is 6.57. The lowest BCUT2D eigenvalue weighted by Gasteiger charge is -2.27. The van der Waals surface area contributed by atoms with Gasteiger partial charge in [0.2, 0.25) is 0 Å². The standard InChI is InChI=1S/C22H24N2O4S2/c1-28-17-4-8-19(9-5-17)30(26,27)18-6-2-15(3-7-18)13-24-22(25)20-12-16-10-11-23-14-21(16)29-20/h2-3,6-7,10-12,14,17,19H,4-5,8-9,13H2,1H3,(H,24,25). The Hall–Kier alpha value is -2.29. The van der Waals surface area contributed by atoms with Gasteiger partial charge >= 0.3 is 0 Å². The Kier molecular flexibility index (Phi) is 6.17. The number of fused-ring (bicyclic) bond motifs is 1. The van der Waals surface area contributed by atoms with E-state index >= 15 is 0 Å². The number of thiophene rings is 1. The average Bonchev–Trinajstić information content (AvgIpc) is 3.22. The van der Waals surface area contributed by atoms with Crippen LogP contribution in [0.2, 0.25) is 0 Å². The first-order valence-corrected chi connectivity index (χ1v) is 12.3. The van der Waals surface area contributed by atoms with Gasteiger partial charge in [0.1, 0.15) is 0 Å². The molecule has 2 aromatic heterocycles. The van der Waals surface area contributed by atoms with Crippen LogP contribution in [0.25, 0.3) is 10.1 Å². The van der Waals surface area contributed by atoms with Crippen molar-refractivity contribution in [2.45, 2.75) is 48.5 Å². The summed E-state index contributed by atoms with van der Waals surface area (Å²) in [6.45, 7) is 0.338. The van der Waals surface area contributed by atoms with Gasteiger partial charge in [0.05, 0.1) is 25.8 Å². The predicted octanol–water partition coefficient (Wildman–Crippen LogP) is 3.96. The molecule has 1 N–H and O–H groups in total. The summed E-state index contributed by atoms with van der Waals surface area (Å²) in [6, 6.07) is 10.6. The molecule has 8 heteroatoms. The Morgan fingerprint density at radius 3 is 2.57 bits per heavy atom. The largest absolute Gasteiger partial charge is 0.381 e. The van der Waals surface area contributed by atoms with Gasteiger partial charge in [0.15, 0.2) is 9.84 Å². The Morgan fingerprint density at radius 2 is 1.90 bits per heavy atom. The van der Waals surface area contributed by atoms with Crippen LogP contribution >= 0.6 is 11.3 Å². The van der Waals surface area contributed by atoms with Crippen LogP contribution in [0.4, 0.5) is 0 Å². The van der Waals surface area contributed by atoms with Crippen molar-refractivity contribution >= 4 is 37.2 Å². The summed E-state index contributed by atoms with van der Waals surface area (Å²) < 4.78 is 32.1. The molecule has 0 atom stereocenters. The molecule has 4 rings (SSSR count). The van der Waals surface area contributed by atoms with E-state index in [0.29, 0.717) is 29.2 Å². The third-order valence-corrected chi connectivity index (χ3v) is 9.01. The number of nitrogens with one attached hydrogen (secondary N) is 1. The predicted molar refractivity (Wildman–Crippen MR) is 117 cm³/mol. The zero-order valence-corrected chi connectivity index (χ0v) is 18.3. The highest BCUT2D eigenvalue weighted by Crippen LogP contribution is 2.30. The molecule has 0 bridgehead atoms. The molecule has 0 radical (unpaired) electrons. The van der Waals surface area contributed by atoms with E-state index in [1.165, 1.54) is 11.3 Å². The summed E-state index contributed by atoms with van der Waals surface area (Å²) in [5.41, 5.74) is 0.855. The number of amides is 1. The van der Waals surface area contributed by atoms with E-state index in [2.05, 4.69) is 10.3 Å². The maximum atomic E-state index is 12.9. The number of carbonyl (C=O) groups excluding carboxylic acids is 1. The molecular formula is C22H24N2O4S2. The first kappa shape index (κ1) is 21.0. The summed E-state index contributed by atoms with van der Waals surface area (Å²) in [5.74, 6) is -0.150. The highest BCUT2D eigenvalue weighted by molar-refractivity contribution is 7.92. The molecule has 0 aliphatic heterocycles. The number of benzene rings is 1. The summed E-state index contributed by atoms with van der Waals surface area (Å²) >= 11 is 1.40. The molecule has 0 spiro atoms. The number of aromatic nitrogens is 1. The van der Waals surface area contributed by atoms with Gasteiger partial charge in [0.25, 0.3) is 5.91 Å². The minimum Gasteiger partial charge on any atom is -0.381 e. The molecule has 30 heavy (non-hydrogen) atoms. The maximum Gasteiger partial charge on any atom is 0.261 e. The average molecular weight is 445 g/mol. The van der Waals surface area contributed by atoms with Gasteiger partial charge in [-0.3, -0.25) is 9.78 Å². The third-order valence-electron chi connectivity index (χ3n) is 5.65. The van der Waals surface area contributed by atoms with Crippen LogP contribution in [0.3, 0.4) is 0 Å². The molecule has 0 saturated heterocycles. The van der Waals surface area contributed by atoms with Crippen LogP contribution in [-0.4, -0.2) is 37.8 Å². The first-order valence-electron chi connectivity index (χ1n) is 9.95. The van der Waals surface area contributed by atoms with E-state index in [1.807, 2.05) is 12.1 Å². The van der Waals surface area contributed by atoms with E-state index in [4.69, 9.17) is 4.74 Å². The lowest BCUT2D eigenvalue weighted by atomic mass is 9.97.